The monoisotopic (exact) mass is 425 g/mol. The number of hydrogen-bond donors (Lipinski definition) is 1. The molecule has 0 saturated heterocycles. The fourth-order valence-corrected chi connectivity index (χ4v) is 4.66. The van der Waals surface area contributed by atoms with Gasteiger partial charge in [0.15, 0.2) is 5.84 Å². The minimum Gasteiger partial charge on any atom is -0.339 e. The number of hydrogen-bond acceptors (Lipinski definition) is 1. The summed E-state index contributed by atoms with van der Waals surface area (Å²) >= 11 is 0. The highest BCUT2D eigenvalue weighted by molar-refractivity contribution is 6.29. The van der Waals surface area contributed by atoms with E-state index in [1.54, 1.807) is 0 Å². The van der Waals surface area contributed by atoms with Gasteiger partial charge in [-0.2, -0.15) is 0 Å². The van der Waals surface area contributed by atoms with E-state index < -0.39 is 0 Å². The van der Waals surface area contributed by atoms with Crippen molar-refractivity contribution in [2.24, 2.45) is 9.98 Å². The number of aliphatic imine (C=N–C) groups is 2. The third kappa shape index (κ3) is 3.21. The first-order valence-corrected chi connectivity index (χ1v) is 11.2. The third-order valence-electron chi connectivity index (χ3n) is 6.37. The Kier molecular flexibility index (Phi) is 4.55. The Morgan fingerprint density at radius 1 is 0.576 bits per heavy atom. The fourth-order valence-electron chi connectivity index (χ4n) is 4.66. The summed E-state index contributed by atoms with van der Waals surface area (Å²) in [5.74, 6) is 1.58. The molecule has 4 aromatic carbocycles. The van der Waals surface area contributed by atoms with Crippen LogP contribution < -0.4 is 0 Å². The van der Waals surface area contributed by atoms with E-state index in [2.05, 4.69) is 116 Å². The van der Waals surface area contributed by atoms with Crippen LogP contribution in [0.5, 0.6) is 0 Å². The van der Waals surface area contributed by atoms with Gasteiger partial charge in [0, 0.05) is 33.0 Å². The highest BCUT2D eigenvalue weighted by Gasteiger charge is 2.24. The lowest BCUT2D eigenvalue weighted by atomic mass is 9.97. The van der Waals surface area contributed by atoms with Crippen molar-refractivity contribution in [2.45, 2.75) is 13.8 Å². The van der Waals surface area contributed by atoms with Crippen LogP contribution in [0, 0.1) is 13.8 Å². The molecular weight excluding hydrogens is 402 g/mol. The maximum Gasteiger partial charge on any atom is 0.162 e. The third-order valence-corrected chi connectivity index (χ3v) is 6.37. The molecule has 1 aliphatic rings. The number of H-pyrrole nitrogens is 1. The van der Waals surface area contributed by atoms with Crippen molar-refractivity contribution < 1.29 is 0 Å². The first-order chi connectivity index (χ1) is 16.2. The van der Waals surface area contributed by atoms with Gasteiger partial charge in [-0.05, 0) is 25.0 Å². The molecule has 0 bridgehead atoms. The summed E-state index contributed by atoms with van der Waals surface area (Å²) < 4.78 is 0. The Balaban J connectivity index is 1.57. The molecule has 0 aliphatic carbocycles. The molecular formula is C30H23N3. The second-order valence-electron chi connectivity index (χ2n) is 8.47. The molecule has 1 N–H and O–H groups in total. The van der Waals surface area contributed by atoms with Crippen LogP contribution in [0.4, 0.5) is 5.82 Å². The van der Waals surface area contributed by atoms with Crippen molar-refractivity contribution in [2.75, 3.05) is 0 Å². The standard InChI is InChI=1S/C30H23N3/c1-19-11-3-5-13-21(19)27-23-15-7-9-17-25(23)29(31-27)33-30-26-18-10-8-16-24(26)28(32-30)22-14-6-4-12-20(22)2/h3-18,31H,1-2H3/b33-30+. The van der Waals surface area contributed by atoms with Crippen LogP contribution in [0.15, 0.2) is 107 Å². The molecule has 0 saturated carbocycles. The van der Waals surface area contributed by atoms with Crippen LogP contribution in [0.1, 0.15) is 27.8 Å². The molecule has 0 amide bonds. The van der Waals surface area contributed by atoms with Gasteiger partial charge < -0.3 is 4.98 Å². The molecule has 3 nitrogen and oxygen atoms in total. The summed E-state index contributed by atoms with van der Waals surface area (Å²) in [5, 5.41) is 2.26. The summed E-state index contributed by atoms with van der Waals surface area (Å²) in [5.41, 5.74) is 9.04. The Morgan fingerprint density at radius 3 is 1.82 bits per heavy atom. The van der Waals surface area contributed by atoms with Gasteiger partial charge in [-0.3, -0.25) is 0 Å². The number of aromatic nitrogens is 1. The van der Waals surface area contributed by atoms with Gasteiger partial charge in [0.25, 0.3) is 0 Å². The van der Waals surface area contributed by atoms with Gasteiger partial charge in [0.05, 0.1) is 11.4 Å². The van der Waals surface area contributed by atoms with E-state index in [-0.39, 0.29) is 0 Å². The summed E-state index contributed by atoms with van der Waals surface area (Å²) in [4.78, 5) is 13.7. The highest BCUT2D eigenvalue weighted by atomic mass is 15.0. The molecule has 0 atom stereocenters. The number of rotatable bonds is 3. The van der Waals surface area contributed by atoms with Crippen molar-refractivity contribution in [3.8, 4) is 11.3 Å². The maximum absolute atomic E-state index is 5.08. The normalized spacial score (nSPS) is 14.0. The smallest absolute Gasteiger partial charge is 0.162 e. The largest absolute Gasteiger partial charge is 0.339 e. The highest BCUT2D eigenvalue weighted by Crippen LogP contribution is 2.37. The molecule has 0 fully saturated rings. The molecule has 2 heterocycles. The van der Waals surface area contributed by atoms with Gasteiger partial charge >= 0.3 is 0 Å². The van der Waals surface area contributed by atoms with Crippen molar-refractivity contribution in [1.82, 2.24) is 4.98 Å². The number of nitrogens with zero attached hydrogens (tertiary/aromatic N) is 2. The molecule has 0 spiro atoms. The Labute approximate surface area is 193 Å². The predicted molar refractivity (Wildman–Crippen MR) is 138 cm³/mol. The van der Waals surface area contributed by atoms with Crippen molar-refractivity contribution in [3.63, 3.8) is 0 Å². The predicted octanol–water partition coefficient (Wildman–Crippen LogP) is 7.38. The molecule has 3 heteroatoms. The first-order valence-electron chi connectivity index (χ1n) is 11.2. The quantitative estimate of drug-likeness (QED) is 0.313. The molecule has 1 aromatic heterocycles. The van der Waals surface area contributed by atoms with Crippen LogP contribution in [-0.2, 0) is 0 Å². The SMILES string of the molecule is Cc1ccccc1C1=N/C(=N/c2[nH]c(-c3ccccc3C)c3ccccc23)c2ccccc21. The molecule has 0 unspecified atom stereocenters. The lowest BCUT2D eigenvalue weighted by Crippen LogP contribution is -2.02. The number of fused-ring (bicyclic) bond motifs is 2. The van der Waals surface area contributed by atoms with Gasteiger partial charge in [-0.15, -0.1) is 0 Å². The summed E-state index contributed by atoms with van der Waals surface area (Å²) in [6.07, 6.45) is 0. The lowest BCUT2D eigenvalue weighted by Gasteiger charge is -2.06. The zero-order valence-electron chi connectivity index (χ0n) is 18.6. The molecule has 33 heavy (non-hydrogen) atoms. The number of aromatic amines is 1. The summed E-state index contributed by atoms with van der Waals surface area (Å²) in [7, 11) is 0. The fraction of sp³-hybridized carbons (Fsp3) is 0.0667. The number of aryl methyl sites for hydroxylation is 2. The van der Waals surface area contributed by atoms with Crippen LogP contribution in [0.25, 0.3) is 22.0 Å². The van der Waals surface area contributed by atoms with E-state index in [9.17, 15) is 0 Å². The van der Waals surface area contributed by atoms with Crippen LogP contribution in [0.3, 0.4) is 0 Å². The maximum atomic E-state index is 5.08. The minimum absolute atomic E-state index is 0.743. The number of amidine groups is 1. The van der Waals surface area contributed by atoms with Crippen LogP contribution in [0.2, 0.25) is 0 Å². The molecule has 1 aliphatic heterocycles. The molecule has 6 rings (SSSR count). The average Bonchev–Trinajstić information content (AvgIpc) is 3.39. The first kappa shape index (κ1) is 19.4. The van der Waals surface area contributed by atoms with Gasteiger partial charge in [0.1, 0.15) is 5.82 Å². The Bertz CT molecular complexity index is 1580. The van der Waals surface area contributed by atoms with E-state index in [1.807, 2.05) is 0 Å². The van der Waals surface area contributed by atoms with E-state index in [0.717, 1.165) is 45.1 Å². The topological polar surface area (TPSA) is 40.5 Å². The van der Waals surface area contributed by atoms with E-state index in [4.69, 9.17) is 9.98 Å². The van der Waals surface area contributed by atoms with Crippen molar-refractivity contribution in [1.29, 1.82) is 0 Å². The second-order valence-corrected chi connectivity index (χ2v) is 8.47. The number of benzene rings is 4. The van der Waals surface area contributed by atoms with Crippen molar-refractivity contribution in [3.05, 3.63) is 125 Å². The second kappa shape index (κ2) is 7.72. The average molecular weight is 426 g/mol. The van der Waals surface area contributed by atoms with Crippen molar-refractivity contribution >= 4 is 28.1 Å². The summed E-state index contributed by atoms with van der Waals surface area (Å²) in [6, 6.07) is 33.6. The van der Waals surface area contributed by atoms with Gasteiger partial charge in [0.2, 0.25) is 0 Å². The zero-order valence-corrected chi connectivity index (χ0v) is 18.6. The van der Waals surface area contributed by atoms with E-state index in [0.29, 0.717) is 0 Å². The minimum atomic E-state index is 0.743. The zero-order chi connectivity index (χ0) is 22.4. The molecule has 158 valence electrons. The summed E-state index contributed by atoms with van der Waals surface area (Å²) in [6.45, 7) is 4.27. The number of nitrogens with one attached hydrogen (secondary N) is 1. The Hall–Kier alpha value is -4.24. The van der Waals surface area contributed by atoms with Gasteiger partial charge in [-0.1, -0.05) is 97.1 Å². The van der Waals surface area contributed by atoms with Crippen LogP contribution >= 0.6 is 0 Å². The molecule has 5 aromatic rings. The van der Waals surface area contributed by atoms with Gasteiger partial charge in [-0.25, -0.2) is 9.98 Å². The van der Waals surface area contributed by atoms with Crippen LogP contribution in [-0.4, -0.2) is 16.5 Å². The van der Waals surface area contributed by atoms with E-state index >= 15 is 0 Å². The lowest BCUT2D eigenvalue weighted by molar-refractivity contribution is 1.32. The Morgan fingerprint density at radius 2 is 1.12 bits per heavy atom. The molecule has 0 radical (unpaired) electrons. The van der Waals surface area contributed by atoms with E-state index in [1.165, 1.54) is 22.1 Å².